The summed E-state index contributed by atoms with van der Waals surface area (Å²) in [5, 5.41) is 1.00. The van der Waals surface area contributed by atoms with Gasteiger partial charge in [-0.25, -0.2) is 13.4 Å². The van der Waals surface area contributed by atoms with Gasteiger partial charge in [-0.1, -0.05) is 30.2 Å². The number of hydrogen-bond donors (Lipinski definition) is 0. The molecule has 2 saturated heterocycles. The predicted molar refractivity (Wildman–Crippen MR) is 141 cm³/mol. The Kier molecular flexibility index (Phi) is 6.83. The molecule has 0 saturated carbocycles. The molecule has 186 valence electrons. The van der Waals surface area contributed by atoms with Crippen LogP contribution in [0.25, 0.3) is 10.2 Å². The average Bonchev–Trinajstić information content (AvgIpc) is 3.09. The number of thiazole rings is 1. The fraction of sp³-hybridized carbons (Fsp3) is 0.462. The molecule has 9 heteroatoms. The summed E-state index contributed by atoms with van der Waals surface area (Å²) in [4.78, 5) is 22.3. The number of sulfonamides is 1. The van der Waals surface area contributed by atoms with Crippen molar-refractivity contribution in [2.75, 3.05) is 44.2 Å². The highest BCUT2D eigenvalue weighted by Gasteiger charge is 2.27. The van der Waals surface area contributed by atoms with E-state index in [2.05, 4.69) is 30.9 Å². The number of aryl methyl sites for hydroxylation is 2. The molecule has 0 radical (unpaired) electrons. The standard InChI is InChI=1S/C26H32N4O3S2/c1-19-17-20(2)24-23(18-19)27-26(34-24)29-15-13-28(14-16-29)25(31)21-7-9-22(10-8-21)35(32,33)30-11-5-3-4-6-12-30/h7-10,17-18H,3-6,11-16H2,1-2H3. The van der Waals surface area contributed by atoms with Crippen molar-refractivity contribution in [1.29, 1.82) is 0 Å². The van der Waals surface area contributed by atoms with Gasteiger partial charge < -0.3 is 9.80 Å². The molecule has 7 nitrogen and oxygen atoms in total. The van der Waals surface area contributed by atoms with Crippen molar-refractivity contribution < 1.29 is 13.2 Å². The topological polar surface area (TPSA) is 73.8 Å². The number of fused-ring (bicyclic) bond motifs is 1. The largest absolute Gasteiger partial charge is 0.345 e. The number of benzene rings is 2. The summed E-state index contributed by atoms with van der Waals surface area (Å²) in [6.07, 6.45) is 3.95. The second kappa shape index (κ2) is 9.87. The van der Waals surface area contributed by atoms with Crippen molar-refractivity contribution in [2.24, 2.45) is 0 Å². The molecular formula is C26H32N4O3S2. The smallest absolute Gasteiger partial charge is 0.253 e. The van der Waals surface area contributed by atoms with E-state index >= 15 is 0 Å². The normalized spacial score (nSPS) is 18.1. The number of carbonyl (C=O) groups is 1. The first kappa shape index (κ1) is 24.2. The molecule has 2 aliphatic rings. The lowest BCUT2D eigenvalue weighted by Gasteiger charge is -2.34. The molecule has 3 heterocycles. The van der Waals surface area contributed by atoms with Crippen LogP contribution >= 0.6 is 11.3 Å². The first-order chi connectivity index (χ1) is 16.8. The SMILES string of the molecule is Cc1cc(C)c2sc(N3CCN(C(=O)c4ccc(S(=O)(=O)N5CCCCCC5)cc4)CC3)nc2c1. The summed E-state index contributed by atoms with van der Waals surface area (Å²) >= 11 is 1.71. The van der Waals surface area contributed by atoms with Gasteiger partial charge >= 0.3 is 0 Å². The maximum Gasteiger partial charge on any atom is 0.253 e. The van der Waals surface area contributed by atoms with Crippen molar-refractivity contribution in [3.63, 3.8) is 0 Å². The predicted octanol–water partition coefficient (Wildman–Crippen LogP) is 4.44. The van der Waals surface area contributed by atoms with Gasteiger partial charge in [-0.2, -0.15) is 4.31 Å². The molecule has 2 aliphatic heterocycles. The molecule has 0 bridgehead atoms. The van der Waals surface area contributed by atoms with Crippen LogP contribution in [0.4, 0.5) is 5.13 Å². The summed E-state index contributed by atoms with van der Waals surface area (Å²) in [7, 11) is -3.51. The lowest BCUT2D eigenvalue weighted by Crippen LogP contribution is -2.48. The van der Waals surface area contributed by atoms with Crippen LogP contribution in [0, 0.1) is 13.8 Å². The highest BCUT2D eigenvalue weighted by Crippen LogP contribution is 2.32. The van der Waals surface area contributed by atoms with Crippen LogP contribution in [0.1, 0.15) is 47.2 Å². The minimum Gasteiger partial charge on any atom is -0.345 e. The van der Waals surface area contributed by atoms with E-state index in [9.17, 15) is 13.2 Å². The van der Waals surface area contributed by atoms with Crippen molar-refractivity contribution in [2.45, 2.75) is 44.4 Å². The number of aromatic nitrogens is 1. The Bertz CT molecular complexity index is 1320. The molecule has 35 heavy (non-hydrogen) atoms. The van der Waals surface area contributed by atoms with Crippen LogP contribution in [0.15, 0.2) is 41.3 Å². The number of carbonyl (C=O) groups excluding carboxylic acids is 1. The molecule has 5 rings (SSSR count). The third-order valence-electron chi connectivity index (χ3n) is 6.95. The number of amides is 1. The van der Waals surface area contributed by atoms with Crippen molar-refractivity contribution in [3.05, 3.63) is 53.1 Å². The molecule has 0 unspecified atom stereocenters. The quantitative estimate of drug-likeness (QED) is 0.517. The Morgan fingerprint density at radius 2 is 1.54 bits per heavy atom. The van der Waals surface area contributed by atoms with Crippen molar-refractivity contribution in [1.82, 2.24) is 14.2 Å². The van der Waals surface area contributed by atoms with Gasteiger partial charge in [0.25, 0.3) is 5.91 Å². The fourth-order valence-corrected chi connectivity index (χ4v) is 7.57. The lowest BCUT2D eigenvalue weighted by molar-refractivity contribution is 0.0746. The maximum atomic E-state index is 13.1. The molecule has 1 amide bonds. The monoisotopic (exact) mass is 512 g/mol. The van der Waals surface area contributed by atoms with Gasteiger partial charge in [0.05, 0.1) is 15.1 Å². The summed E-state index contributed by atoms with van der Waals surface area (Å²) in [5.41, 5.74) is 4.03. The van der Waals surface area contributed by atoms with Gasteiger partial charge in [-0.05, 0) is 68.1 Å². The number of piperazine rings is 1. The van der Waals surface area contributed by atoms with Gasteiger partial charge in [0.15, 0.2) is 5.13 Å². The van der Waals surface area contributed by atoms with Crippen LogP contribution in [0.5, 0.6) is 0 Å². The molecule has 2 fully saturated rings. The zero-order chi connectivity index (χ0) is 24.6. The Morgan fingerprint density at radius 1 is 0.886 bits per heavy atom. The second-order valence-electron chi connectivity index (χ2n) is 9.55. The zero-order valence-corrected chi connectivity index (χ0v) is 22.0. The Balaban J connectivity index is 1.23. The highest BCUT2D eigenvalue weighted by molar-refractivity contribution is 7.89. The van der Waals surface area contributed by atoms with Gasteiger partial charge in [-0.15, -0.1) is 0 Å². The van der Waals surface area contributed by atoms with E-state index < -0.39 is 10.0 Å². The highest BCUT2D eigenvalue weighted by atomic mass is 32.2. The van der Waals surface area contributed by atoms with E-state index in [0.717, 1.165) is 49.4 Å². The summed E-state index contributed by atoms with van der Waals surface area (Å²) in [6, 6.07) is 10.8. The van der Waals surface area contributed by atoms with Gasteiger partial charge in [0, 0.05) is 44.8 Å². The fourth-order valence-electron chi connectivity index (χ4n) is 4.98. The molecule has 0 atom stereocenters. The van der Waals surface area contributed by atoms with Crippen molar-refractivity contribution >= 4 is 42.6 Å². The Hall–Kier alpha value is -2.49. The molecule has 3 aromatic rings. The summed E-state index contributed by atoms with van der Waals surface area (Å²) in [6.45, 7) is 8.03. The Labute approximate surface area is 211 Å². The van der Waals surface area contributed by atoms with Crippen LogP contribution < -0.4 is 4.90 Å². The zero-order valence-electron chi connectivity index (χ0n) is 20.4. The minimum absolute atomic E-state index is 0.0564. The number of anilines is 1. The number of hydrogen-bond acceptors (Lipinski definition) is 6. The van der Waals surface area contributed by atoms with Crippen molar-refractivity contribution in [3.8, 4) is 0 Å². The molecular weight excluding hydrogens is 480 g/mol. The van der Waals surface area contributed by atoms with E-state index in [4.69, 9.17) is 4.98 Å². The molecule has 0 N–H and O–H groups in total. The first-order valence-corrected chi connectivity index (χ1v) is 14.6. The van der Waals surface area contributed by atoms with Gasteiger partial charge in [0.2, 0.25) is 10.0 Å². The average molecular weight is 513 g/mol. The maximum absolute atomic E-state index is 13.1. The van der Waals surface area contributed by atoms with E-state index in [1.54, 1.807) is 39.9 Å². The van der Waals surface area contributed by atoms with Crippen LogP contribution in [0.3, 0.4) is 0 Å². The molecule has 0 spiro atoms. The Morgan fingerprint density at radius 3 is 2.20 bits per heavy atom. The van der Waals surface area contributed by atoms with E-state index in [0.29, 0.717) is 31.7 Å². The van der Waals surface area contributed by atoms with Crippen LogP contribution in [-0.4, -0.2) is 67.8 Å². The van der Waals surface area contributed by atoms with Crippen LogP contribution in [0.2, 0.25) is 0 Å². The molecule has 0 aliphatic carbocycles. The van der Waals surface area contributed by atoms with E-state index in [1.807, 2.05) is 4.90 Å². The van der Waals surface area contributed by atoms with E-state index in [1.165, 1.54) is 15.8 Å². The minimum atomic E-state index is -3.51. The van der Waals surface area contributed by atoms with Gasteiger partial charge in [-0.3, -0.25) is 4.79 Å². The molecule has 1 aromatic heterocycles. The number of rotatable bonds is 4. The van der Waals surface area contributed by atoms with E-state index in [-0.39, 0.29) is 10.8 Å². The van der Waals surface area contributed by atoms with Gasteiger partial charge in [0.1, 0.15) is 0 Å². The number of nitrogens with zero attached hydrogens (tertiary/aromatic N) is 4. The summed E-state index contributed by atoms with van der Waals surface area (Å²) < 4.78 is 28.8. The lowest BCUT2D eigenvalue weighted by atomic mass is 10.1. The van der Waals surface area contributed by atoms with Crippen LogP contribution in [-0.2, 0) is 10.0 Å². The summed E-state index contributed by atoms with van der Waals surface area (Å²) in [5.74, 6) is -0.0564. The molecule has 2 aromatic carbocycles. The third kappa shape index (κ3) is 4.94. The third-order valence-corrected chi connectivity index (χ3v) is 10.1. The second-order valence-corrected chi connectivity index (χ2v) is 12.5. The first-order valence-electron chi connectivity index (χ1n) is 12.4.